The van der Waals surface area contributed by atoms with Crippen molar-refractivity contribution in [2.75, 3.05) is 27.3 Å². The zero-order chi connectivity index (χ0) is 18.7. The van der Waals surface area contributed by atoms with Crippen molar-refractivity contribution in [1.29, 1.82) is 5.26 Å². The molecule has 0 aliphatic heterocycles. The van der Waals surface area contributed by atoms with Crippen molar-refractivity contribution < 1.29 is 14.3 Å². The molecule has 1 aromatic rings. The van der Waals surface area contributed by atoms with Crippen LogP contribution in [0.4, 0.5) is 0 Å². The van der Waals surface area contributed by atoms with Gasteiger partial charge >= 0.3 is 0 Å². The van der Waals surface area contributed by atoms with Gasteiger partial charge in [-0.3, -0.25) is 4.79 Å². The van der Waals surface area contributed by atoms with Crippen molar-refractivity contribution in [3.63, 3.8) is 0 Å². The maximum absolute atomic E-state index is 12.0. The van der Waals surface area contributed by atoms with E-state index in [-0.39, 0.29) is 11.5 Å². The number of carbonyl (C=O) groups is 1. The molecule has 1 amide bonds. The number of methoxy groups -OCH3 is 2. The Morgan fingerprint density at radius 3 is 2.56 bits per heavy atom. The highest BCUT2D eigenvalue weighted by molar-refractivity contribution is 5.97. The maximum Gasteiger partial charge on any atom is 0.263 e. The summed E-state index contributed by atoms with van der Waals surface area (Å²) in [6, 6.07) is 7.54. The highest BCUT2D eigenvalue weighted by Gasteiger charge is 2.09. The van der Waals surface area contributed by atoms with E-state index in [9.17, 15) is 4.79 Å². The fourth-order valence-electron chi connectivity index (χ4n) is 2.15. The average molecular weight is 345 g/mol. The molecule has 0 bridgehead atoms. The molecule has 0 heterocycles. The molecule has 0 spiro atoms. The molecule has 0 fully saturated rings. The van der Waals surface area contributed by atoms with Crippen molar-refractivity contribution in [2.24, 2.45) is 5.92 Å². The fourth-order valence-corrected chi connectivity index (χ4v) is 2.15. The zero-order valence-corrected chi connectivity index (χ0v) is 15.4. The van der Waals surface area contributed by atoms with E-state index in [1.165, 1.54) is 6.20 Å². The molecule has 6 nitrogen and oxygen atoms in total. The van der Waals surface area contributed by atoms with E-state index < -0.39 is 0 Å². The number of rotatable bonds is 10. The van der Waals surface area contributed by atoms with E-state index in [4.69, 9.17) is 14.7 Å². The Morgan fingerprint density at radius 1 is 1.24 bits per heavy atom. The van der Waals surface area contributed by atoms with E-state index in [2.05, 4.69) is 24.5 Å². The van der Waals surface area contributed by atoms with Gasteiger partial charge in [-0.15, -0.1) is 0 Å². The molecule has 6 heteroatoms. The van der Waals surface area contributed by atoms with E-state index >= 15 is 0 Å². The number of nitriles is 1. The summed E-state index contributed by atoms with van der Waals surface area (Å²) in [6.07, 6.45) is 3.09. The summed E-state index contributed by atoms with van der Waals surface area (Å²) in [5, 5.41) is 14.9. The van der Waals surface area contributed by atoms with Crippen LogP contribution in [0.5, 0.6) is 11.5 Å². The smallest absolute Gasteiger partial charge is 0.263 e. The van der Waals surface area contributed by atoms with Crippen LogP contribution in [0.2, 0.25) is 0 Å². The van der Waals surface area contributed by atoms with Gasteiger partial charge in [0.15, 0.2) is 11.5 Å². The van der Waals surface area contributed by atoms with E-state index in [1.807, 2.05) is 24.3 Å². The molecule has 0 radical (unpaired) electrons. The average Bonchev–Trinajstić information content (AvgIpc) is 2.61. The molecule has 0 unspecified atom stereocenters. The third-order valence-electron chi connectivity index (χ3n) is 3.62. The van der Waals surface area contributed by atoms with Gasteiger partial charge in [-0.25, -0.2) is 0 Å². The Morgan fingerprint density at radius 2 is 1.96 bits per heavy atom. The first-order valence-electron chi connectivity index (χ1n) is 8.34. The quantitative estimate of drug-likeness (QED) is 0.386. The van der Waals surface area contributed by atoms with Crippen molar-refractivity contribution in [1.82, 2.24) is 10.6 Å². The van der Waals surface area contributed by atoms with Crippen LogP contribution in [0.1, 0.15) is 25.8 Å². The minimum atomic E-state index is -0.375. The molecule has 136 valence electrons. The van der Waals surface area contributed by atoms with Gasteiger partial charge in [0.05, 0.1) is 14.2 Å². The Bertz CT molecular complexity index is 633. The summed E-state index contributed by atoms with van der Waals surface area (Å²) in [7, 11) is 3.17. The number of nitrogens with zero attached hydrogens (tertiary/aromatic N) is 1. The van der Waals surface area contributed by atoms with Crippen LogP contribution >= 0.6 is 0 Å². The van der Waals surface area contributed by atoms with Gasteiger partial charge in [0.2, 0.25) is 0 Å². The topological polar surface area (TPSA) is 83.4 Å². The maximum atomic E-state index is 12.0. The second kappa shape index (κ2) is 11.0. The number of nitrogens with one attached hydrogen (secondary N) is 2. The number of hydrogen-bond donors (Lipinski definition) is 2. The molecule has 0 saturated heterocycles. The third kappa shape index (κ3) is 7.17. The predicted molar refractivity (Wildman–Crippen MR) is 97.4 cm³/mol. The van der Waals surface area contributed by atoms with Crippen LogP contribution < -0.4 is 20.1 Å². The van der Waals surface area contributed by atoms with Gasteiger partial charge < -0.3 is 20.1 Å². The first-order valence-corrected chi connectivity index (χ1v) is 8.34. The highest BCUT2D eigenvalue weighted by atomic mass is 16.5. The van der Waals surface area contributed by atoms with Crippen LogP contribution in [0, 0.1) is 17.2 Å². The van der Waals surface area contributed by atoms with Crippen molar-refractivity contribution in [3.05, 3.63) is 35.5 Å². The molecule has 2 N–H and O–H groups in total. The fraction of sp³-hybridized carbons (Fsp3) is 0.474. The summed E-state index contributed by atoms with van der Waals surface area (Å²) < 4.78 is 10.5. The van der Waals surface area contributed by atoms with Crippen LogP contribution in [0.15, 0.2) is 30.0 Å². The molecule has 1 aromatic carbocycles. The van der Waals surface area contributed by atoms with Gasteiger partial charge in [-0.2, -0.15) is 5.26 Å². The number of benzene rings is 1. The second-order valence-corrected chi connectivity index (χ2v) is 6.00. The Hall–Kier alpha value is -2.68. The van der Waals surface area contributed by atoms with Crippen molar-refractivity contribution in [3.8, 4) is 17.6 Å². The van der Waals surface area contributed by atoms with Crippen LogP contribution in [-0.4, -0.2) is 33.2 Å². The first kappa shape index (κ1) is 20.4. The number of hydrogen-bond acceptors (Lipinski definition) is 5. The summed E-state index contributed by atoms with van der Waals surface area (Å²) in [5.74, 6) is 1.51. The van der Waals surface area contributed by atoms with Gasteiger partial charge in [0.25, 0.3) is 5.91 Å². The molecule has 0 aromatic heterocycles. The normalized spacial score (nSPS) is 11.0. The number of carbonyl (C=O) groups excluding carboxylic acids is 1. The summed E-state index contributed by atoms with van der Waals surface area (Å²) in [6.45, 7) is 5.41. The summed E-state index contributed by atoms with van der Waals surface area (Å²) in [4.78, 5) is 12.0. The lowest BCUT2D eigenvalue weighted by molar-refractivity contribution is -0.117. The van der Waals surface area contributed by atoms with E-state index in [0.29, 0.717) is 30.4 Å². The Balaban J connectivity index is 2.50. The van der Waals surface area contributed by atoms with Crippen LogP contribution in [-0.2, 0) is 11.2 Å². The van der Waals surface area contributed by atoms with Gasteiger partial charge in [-0.1, -0.05) is 19.9 Å². The van der Waals surface area contributed by atoms with Crippen molar-refractivity contribution in [2.45, 2.75) is 26.7 Å². The zero-order valence-electron chi connectivity index (χ0n) is 15.4. The Kier molecular flexibility index (Phi) is 8.94. The van der Waals surface area contributed by atoms with Gasteiger partial charge in [-0.05, 0) is 36.5 Å². The molecular formula is C19H27N3O3. The number of amides is 1. The third-order valence-corrected chi connectivity index (χ3v) is 3.62. The summed E-state index contributed by atoms with van der Waals surface area (Å²) in [5.41, 5.74) is 1.09. The lowest BCUT2D eigenvalue weighted by Gasteiger charge is -2.10. The highest BCUT2D eigenvalue weighted by Crippen LogP contribution is 2.27. The van der Waals surface area contributed by atoms with Gasteiger partial charge in [0.1, 0.15) is 11.6 Å². The SMILES string of the molecule is COc1ccc(CCNC(=O)/C(C#N)=C\NCCC(C)C)cc1OC. The lowest BCUT2D eigenvalue weighted by atomic mass is 10.1. The summed E-state index contributed by atoms with van der Waals surface area (Å²) >= 11 is 0. The standard InChI is InChI=1S/C19H27N3O3/c1-14(2)7-9-21-13-16(12-20)19(23)22-10-8-15-5-6-17(24-3)18(11-15)25-4/h5-6,11,13-14,21H,7-10H2,1-4H3,(H,22,23)/b16-13-. The van der Waals surface area contributed by atoms with E-state index in [1.54, 1.807) is 14.2 Å². The molecular weight excluding hydrogens is 318 g/mol. The number of ether oxygens (including phenoxy) is 2. The molecule has 1 rings (SSSR count). The molecule has 0 saturated carbocycles. The second-order valence-electron chi connectivity index (χ2n) is 6.00. The predicted octanol–water partition coefficient (Wildman–Crippen LogP) is 2.41. The molecule has 0 aliphatic rings. The van der Waals surface area contributed by atoms with Crippen LogP contribution in [0.25, 0.3) is 0 Å². The molecule has 25 heavy (non-hydrogen) atoms. The van der Waals surface area contributed by atoms with Gasteiger partial charge in [0, 0.05) is 19.3 Å². The molecule has 0 atom stereocenters. The first-order chi connectivity index (χ1) is 12.0. The van der Waals surface area contributed by atoms with Crippen LogP contribution in [0.3, 0.4) is 0 Å². The van der Waals surface area contributed by atoms with Crippen molar-refractivity contribution >= 4 is 5.91 Å². The Labute approximate surface area is 149 Å². The lowest BCUT2D eigenvalue weighted by Crippen LogP contribution is -2.27. The van der Waals surface area contributed by atoms with E-state index in [0.717, 1.165) is 18.5 Å². The minimum absolute atomic E-state index is 0.0797. The monoisotopic (exact) mass is 345 g/mol. The minimum Gasteiger partial charge on any atom is -0.493 e. The molecule has 0 aliphatic carbocycles. The largest absolute Gasteiger partial charge is 0.493 e.